The highest BCUT2D eigenvalue weighted by Gasteiger charge is 2.28. The van der Waals surface area contributed by atoms with Gasteiger partial charge in [0.1, 0.15) is 11.8 Å². The molecule has 0 aliphatic heterocycles. The number of carbonyl (C=O) groups excluding carboxylic acids is 2. The topological polar surface area (TPSA) is 62.6 Å². The highest BCUT2D eigenvalue weighted by Crippen LogP contribution is 2.12. The summed E-state index contributed by atoms with van der Waals surface area (Å²) in [5, 5.41) is 2.87. The Balaban J connectivity index is 2.09. The zero-order valence-electron chi connectivity index (χ0n) is 14.6. The lowest BCUT2D eigenvalue weighted by Crippen LogP contribution is -2.50. The fraction of sp³-hybridized carbons (Fsp3) is 0.368. The monoisotopic (exact) mass is 328 g/mol. The van der Waals surface area contributed by atoms with Crippen LogP contribution in [0.1, 0.15) is 35.5 Å². The van der Waals surface area contributed by atoms with E-state index in [1.807, 2.05) is 45.0 Å². The van der Waals surface area contributed by atoms with Crippen molar-refractivity contribution in [1.29, 1.82) is 0 Å². The molecule has 0 saturated carbocycles. The van der Waals surface area contributed by atoms with Crippen LogP contribution in [-0.2, 0) is 11.3 Å². The molecule has 1 unspecified atom stereocenters. The van der Waals surface area contributed by atoms with E-state index >= 15 is 0 Å². The largest absolute Gasteiger partial charge is 0.467 e. The lowest BCUT2D eigenvalue weighted by atomic mass is 10.0. The van der Waals surface area contributed by atoms with Crippen molar-refractivity contribution in [3.8, 4) is 0 Å². The summed E-state index contributed by atoms with van der Waals surface area (Å²) in [7, 11) is 1.71. The van der Waals surface area contributed by atoms with E-state index in [-0.39, 0.29) is 17.7 Å². The van der Waals surface area contributed by atoms with E-state index in [0.717, 1.165) is 5.56 Å². The molecular weight excluding hydrogens is 304 g/mol. The molecule has 1 aromatic carbocycles. The molecule has 0 spiro atoms. The molecule has 0 radical (unpaired) electrons. The summed E-state index contributed by atoms with van der Waals surface area (Å²) in [5.74, 6) is 0.318. The highest BCUT2D eigenvalue weighted by molar-refractivity contribution is 5.98. The summed E-state index contributed by atoms with van der Waals surface area (Å²) >= 11 is 0. The first-order valence-electron chi connectivity index (χ1n) is 8.04. The molecule has 1 heterocycles. The van der Waals surface area contributed by atoms with Crippen molar-refractivity contribution in [3.05, 3.63) is 59.5 Å². The second kappa shape index (κ2) is 7.81. The molecule has 1 N–H and O–H groups in total. The maximum absolute atomic E-state index is 12.7. The predicted molar refractivity (Wildman–Crippen MR) is 92.5 cm³/mol. The van der Waals surface area contributed by atoms with Gasteiger partial charge in [0.2, 0.25) is 5.91 Å². The van der Waals surface area contributed by atoms with E-state index in [4.69, 9.17) is 4.42 Å². The van der Waals surface area contributed by atoms with Crippen LogP contribution < -0.4 is 5.32 Å². The minimum atomic E-state index is -0.586. The maximum atomic E-state index is 12.7. The molecular formula is C19H24N2O3. The second-order valence-electron chi connectivity index (χ2n) is 6.28. The maximum Gasteiger partial charge on any atom is 0.252 e. The van der Waals surface area contributed by atoms with Gasteiger partial charge in [-0.15, -0.1) is 0 Å². The van der Waals surface area contributed by atoms with Gasteiger partial charge in [0.25, 0.3) is 5.91 Å². The average Bonchev–Trinajstić information content (AvgIpc) is 3.04. The van der Waals surface area contributed by atoms with Gasteiger partial charge in [-0.3, -0.25) is 9.59 Å². The van der Waals surface area contributed by atoms with Gasteiger partial charge in [0.15, 0.2) is 0 Å². The van der Waals surface area contributed by atoms with Crippen LogP contribution in [0, 0.1) is 12.8 Å². The number of aryl methyl sites for hydroxylation is 1. The number of furan rings is 1. The smallest absolute Gasteiger partial charge is 0.252 e. The Morgan fingerprint density at radius 2 is 1.88 bits per heavy atom. The summed E-state index contributed by atoms with van der Waals surface area (Å²) in [4.78, 5) is 26.8. The predicted octanol–water partition coefficient (Wildman–Crippen LogP) is 3.00. The molecule has 2 rings (SSSR count). The molecule has 0 fully saturated rings. The van der Waals surface area contributed by atoms with Gasteiger partial charge in [-0.05, 0) is 36.6 Å². The van der Waals surface area contributed by atoms with Gasteiger partial charge in [0.05, 0.1) is 12.8 Å². The molecule has 24 heavy (non-hydrogen) atoms. The van der Waals surface area contributed by atoms with Crippen molar-refractivity contribution < 1.29 is 14.0 Å². The van der Waals surface area contributed by atoms with Crippen molar-refractivity contribution >= 4 is 11.8 Å². The highest BCUT2D eigenvalue weighted by atomic mass is 16.3. The van der Waals surface area contributed by atoms with Crippen LogP contribution in [0.4, 0.5) is 0 Å². The average molecular weight is 328 g/mol. The van der Waals surface area contributed by atoms with Gasteiger partial charge in [-0.25, -0.2) is 0 Å². The molecule has 0 aliphatic rings. The minimum absolute atomic E-state index is 0.0236. The lowest BCUT2D eigenvalue weighted by molar-refractivity contribution is -0.133. The number of benzene rings is 1. The first kappa shape index (κ1) is 17.8. The number of likely N-dealkylation sites (N-methyl/N-ethyl adjacent to an activating group) is 1. The van der Waals surface area contributed by atoms with E-state index < -0.39 is 6.04 Å². The van der Waals surface area contributed by atoms with E-state index in [1.165, 1.54) is 0 Å². The summed E-state index contributed by atoms with van der Waals surface area (Å²) in [5.41, 5.74) is 1.47. The summed E-state index contributed by atoms with van der Waals surface area (Å²) in [6.45, 7) is 6.09. The SMILES string of the molecule is Cc1ccccc1C(=O)NC(C(=O)N(C)Cc1ccco1)C(C)C. The third kappa shape index (κ3) is 4.25. The minimum Gasteiger partial charge on any atom is -0.467 e. The number of hydrogen-bond acceptors (Lipinski definition) is 3. The van der Waals surface area contributed by atoms with Crippen molar-refractivity contribution in [3.63, 3.8) is 0 Å². The van der Waals surface area contributed by atoms with Gasteiger partial charge >= 0.3 is 0 Å². The van der Waals surface area contributed by atoms with Gasteiger partial charge in [0, 0.05) is 12.6 Å². The zero-order valence-corrected chi connectivity index (χ0v) is 14.6. The second-order valence-corrected chi connectivity index (χ2v) is 6.28. The summed E-state index contributed by atoms with van der Waals surface area (Å²) in [6.07, 6.45) is 1.58. The Bertz CT molecular complexity index is 692. The standard InChI is InChI=1S/C19H24N2O3/c1-13(2)17(19(23)21(4)12-15-9-7-11-24-15)20-18(22)16-10-6-5-8-14(16)3/h5-11,13,17H,12H2,1-4H3,(H,20,22). The Morgan fingerprint density at radius 3 is 2.46 bits per heavy atom. The number of nitrogens with one attached hydrogen (secondary N) is 1. The normalized spacial score (nSPS) is 12.0. The molecule has 5 nitrogen and oxygen atoms in total. The molecule has 1 atom stereocenters. The van der Waals surface area contributed by atoms with E-state index in [0.29, 0.717) is 17.9 Å². The zero-order chi connectivity index (χ0) is 17.7. The van der Waals surface area contributed by atoms with E-state index in [2.05, 4.69) is 5.32 Å². The molecule has 1 aromatic heterocycles. The molecule has 128 valence electrons. The number of carbonyl (C=O) groups is 2. The molecule has 2 amide bonds. The van der Waals surface area contributed by atoms with Crippen LogP contribution in [0.3, 0.4) is 0 Å². The van der Waals surface area contributed by atoms with Crippen LogP contribution >= 0.6 is 0 Å². The van der Waals surface area contributed by atoms with Crippen molar-refractivity contribution in [2.24, 2.45) is 5.92 Å². The Labute approximate surface area is 142 Å². The number of nitrogens with zero attached hydrogens (tertiary/aromatic N) is 1. The van der Waals surface area contributed by atoms with Gasteiger partial charge < -0.3 is 14.6 Å². The van der Waals surface area contributed by atoms with Crippen molar-refractivity contribution in [1.82, 2.24) is 10.2 Å². The Kier molecular flexibility index (Phi) is 5.79. The summed E-state index contributed by atoms with van der Waals surface area (Å²) < 4.78 is 5.28. The van der Waals surface area contributed by atoms with Crippen LogP contribution in [0.2, 0.25) is 0 Å². The first-order chi connectivity index (χ1) is 11.4. The van der Waals surface area contributed by atoms with Gasteiger partial charge in [-0.1, -0.05) is 32.0 Å². The van der Waals surface area contributed by atoms with Crippen LogP contribution in [0.25, 0.3) is 0 Å². The molecule has 2 aromatic rings. The Hall–Kier alpha value is -2.56. The summed E-state index contributed by atoms with van der Waals surface area (Å²) in [6, 6.07) is 10.4. The van der Waals surface area contributed by atoms with Crippen molar-refractivity contribution in [2.75, 3.05) is 7.05 Å². The van der Waals surface area contributed by atoms with E-state index in [9.17, 15) is 9.59 Å². The quantitative estimate of drug-likeness (QED) is 0.886. The van der Waals surface area contributed by atoms with Crippen LogP contribution in [-0.4, -0.2) is 29.8 Å². The molecule has 0 bridgehead atoms. The number of hydrogen-bond donors (Lipinski definition) is 1. The third-order valence-electron chi connectivity index (χ3n) is 3.96. The molecule has 0 aliphatic carbocycles. The lowest BCUT2D eigenvalue weighted by Gasteiger charge is -2.26. The fourth-order valence-corrected chi connectivity index (χ4v) is 2.51. The van der Waals surface area contributed by atoms with Crippen LogP contribution in [0.15, 0.2) is 47.1 Å². The number of rotatable bonds is 6. The van der Waals surface area contributed by atoms with Crippen molar-refractivity contribution in [2.45, 2.75) is 33.4 Å². The third-order valence-corrected chi connectivity index (χ3v) is 3.96. The fourth-order valence-electron chi connectivity index (χ4n) is 2.51. The van der Waals surface area contributed by atoms with Gasteiger partial charge in [-0.2, -0.15) is 0 Å². The molecule has 0 saturated heterocycles. The van der Waals surface area contributed by atoms with E-state index in [1.54, 1.807) is 30.3 Å². The molecule has 5 heteroatoms. The number of amides is 2. The first-order valence-corrected chi connectivity index (χ1v) is 8.04. The Morgan fingerprint density at radius 1 is 1.17 bits per heavy atom. The van der Waals surface area contributed by atoms with Crippen LogP contribution in [0.5, 0.6) is 0 Å².